The molecule has 0 saturated heterocycles. The second-order valence-corrected chi connectivity index (χ2v) is 5.02. The predicted molar refractivity (Wildman–Crippen MR) is 73.1 cm³/mol. The molecule has 0 fully saturated rings. The highest BCUT2D eigenvalue weighted by atomic mass is 32.2. The Kier molecular flexibility index (Phi) is 5.71. The Hall–Kier alpha value is -1.49. The monoisotopic (exact) mass is 267 g/mol. The van der Waals surface area contributed by atoms with Crippen molar-refractivity contribution in [2.45, 2.75) is 19.4 Å². The fourth-order valence-corrected chi connectivity index (χ4v) is 2.20. The molecular weight excluding hydrogens is 250 g/mol. The van der Waals surface area contributed by atoms with Crippen LogP contribution in [0.4, 0.5) is 0 Å². The minimum Gasteiger partial charge on any atom is -0.478 e. The number of hydrogen-bond acceptors (Lipinski definition) is 3. The average molecular weight is 267 g/mol. The van der Waals surface area contributed by atoms with Crippen LogP contribution in [0.15, 0.2) is 24.3 Å². The van der Waals surface area contributed by atoms with Crippen LogP contribution in [-0.2, 0) is 11.2 Å². The van der Waals surface area contributed by atoms with E-state index in [2.05, 4.69) is 5.32 Å². The van der Waals surface area contributed by atoms with Crippen LogP contribution in [-0.4, -0.2) is 35.0 Å². The van der Waals surface area contributed by atoms with Crippen molar-refractivity contribution in [1.82, 2.24) is 5.32 Å². The highest BCUT2D eigenvalue weighted by Gasteiger charge is 2.09. The summed E-state index contributed by atoms with van der Waals surface area (Å²) < 4.78 is 0. The number of rotatable bonds is 6. The largest absolute Gasteiger partial charge is 0.478 e. The van der Waals surface area contributed by atoms with Crippen LogP contribution in [0.25, 0.3) is 0 Å². The van der Waals surface area contributed by atoms with E-state index < -0.39 is 5.97 Å². The third-order valence-electron chi connectivity index (χ3n) is 2.36. The summed E-state index contributed by atoms with van der Waals surface area (Å²) >= 11 is 1.67. The van der Waals surface area contributed by atoms with Gasteiger partial charge in [0.25, 0.3) is 0 Å². The van der Waals surface area contributed by atoms with Gasteiger partial charge in [-0.25, -0.2) is 4.79 Å². The molecule has 2 N–H and O–H groups in total. The van der Waals surface area contributed by atoms with Crippen LogP contribution in [0.5, 0.6) is 0 Å². The number of benzene rings is 1. The summed E-state index contributed by atoms with van der Waals surface area (Å²) in [6.07, 6.45) is 2.19. The normalized spacial score (nSPS) is 11.9. The van der Waals surface area contributed by atoms with Gasteiger partial charge in [-0.3, -0.25) is 4.79 Å². The molecule has 0 aliphatic carbocycles. The zero-order chi connectivity index (χ0) is 13.5. The second kappa shape index (κ2) is 7.06. The summed E-state index contributed by atoms with van der Waals surface area (Å²) in [5.74, 6) is -0.201. The molecule has 0 spiro atoms. The van der Waals surface area contributed by atoms with Gasteiger partial charge in [0.1, 0.15) is 0 Å². The topological polar surface area (TPSA) is 66.4 Å². The number of thioether (sulfide) groups is 1. The van der Waals surface area contributed by atoms with Crippen molar-refractivity contribution in [2.24, 2.45) is 0 Å². The average Bonchev–Trinajstić information content (AvgIpc) is 2.29. The molecule has 1 aromatic rings. The van der Waals surface area contributed by atoms with E-state index in [0.29, 0.717) is 5.56 Å². The molecule has 0 radical (unpaired) electrons. The van der Waals surface area contributed by atoms with Crippen molar-refractivity contribution < 1.29 is 14.7 Å². The van der Waals surface area contributed by atoms with Gasteiger partial charge < -0.3 is 10.4 Å². The number of aromatic carboxylic acids is 1. The van der Waals surface area contributed by atoms with Gasteiger partial charge in [-0.05, 0) is 30.9 Å². The number of amides is 1. The number of nitrogens with one attached hydrogen (secondary N) is 1. The van der Waals surface area contributed by atoms with E-state index in [0.717, 1.165) is 5.75 Å². The maximum absolute atomic E-state index is 11.7. The maximum Gasteiger partial charge on any atom is 0.335 e. The maximum atomic E-state index is 11.7. The van der Waals surface area contributed by atoms with Crippen molar-refractivity contribution in [3.05, 3.63) is 35.4 Å². The third kappa shape index (κ3) is 4.79. The fourth-order valence-electron chi connectivity index (χ4n) is 1.62. The summed E-state index contributed by atoms with van der Waals surface area (Å²) in [6, 6.07) is 6.57. The predicted octanol–water partition coefficient (Wildman–Crippen LogP) is 1.80. The van der Waals surface area contributed by atoms with Gasteiger partial charge in [-0.1, -0.05) is 12.1 Å². The summed E-state index contributed by atoms with van der Waals surface area (Å²) in [5, 5.41) is 11.7. The van der Waals surface area contributed by atoms with Crippen LogP contribution in [0.3, 0.4) is 0 Å². The molecule has 0 aliphatic heterocycles. The van der Waals surface area contributed by atoms with E-state index in [1.807, 2.05) is 13.2 Å². The Balaban J connectivity index is 2.59. The van der Waals surface area contributed by atoms with Crippen LogP contribution < -0.4 is 5.32 Å². The van der Waals surface area contributed by atoms with Gasteiger partial charge in [-0.15, -0.1) is 0 Å². The summed E-state index contributed by atoms with van der Waals surface area (Å²) in [6.45, 7) is 1.95. The Bertz CT molecular complexity index is 434. The van der Waals surface area contributed by atoms with E-state index >= 15 is 0 Å². The number of carbonyl (C=O) groups is 2. The minimum absolute atomic E-state index is 0.0842. The molecule has 0 saturated carbocycles. The first kappa shape index (κ1) is 14.6. The lowest BCUT2D eigenvalue weighted by Crippen LogP contribution is -2.35. The Morgan fingerprint density at radius 3 is 2.78 bits per heavy atom. The molecular formula is C13H17NO3S. The molecule has 1 rings (SSSR count). The van der Waals surface area contributed by atoms with Gasteiger partial charge in [0.05, 0.1) is 12.0 Å². The summed E-state index contributed by atoms with van der Waals surface area (Å²) in [4.78, 5) is 22.5. The van der Waals surface area contributed by atoms with Gasteiger partial charge in [-0.2, -0.15) is 11.8 Å². The number of carboxylic acids is 1. The van der Waals surface area contributed by atoms with E-state index in [-0.39, 0.29) is 23.9 Å². The van der Waals surface area contributed by atoms with Crippen LogP contribution in [0.1, 0.15) is 22.8 Å². The molecule has 0 aliphatic rings. The molecule has 1 aromatic carbocycles. The van der Waals surface area contributed by atoms with Crippen LogP contribution in [0, 0.1) is 0 Å². The molecule has 98 valence electrons. The highest BCUT2D eigenvalue weighted by molar-refractivity contribution is 7.98. The van der Waals surface area contributed by atoms with Gasteiger partial charge in [0.2, 0.25) is 5.91 Å². The van der Waals surface area contributed by atoms with E-state index in [1.165, 1.54) is 12.1 Å². The lowest BCUT2D eigenvalue weighted by molar-refractivity contribution is -0.120. The van der Waals surface area contributed by atoms with E-state index in [9.17, 15) is 9.59 Å². The third-order valence-corrected chi connectivity index (χ3v) is 3.20. The van der Waals surface area contributed by atoms with Crippen molar-refractivity contribution in [3.63, 3.8) is 0 Å². The molecule has 4 nitrogen and oxygen atoms in total. The molecule has 0 heterocycles. The van der Waals surface area contributed by atoms with Crippen molar-refractivity contribution >= 4 is 23.6 Å². The standard InChI is InChI=1S/C13H17NO3S/c1-9(8-18-2)14-12(15)7-10-4-3-5-11(6-10)13(16)17/h3-6,9H,7-8H2,1-2H3,(H,14,15)(H,16,17). The quantitative estimate of drug-likeness (QED) is 0.824. The molecule has 0 bridgehead atoms. The van der Waals surface area contributed by atoms with Gasteiger partial charge in [0, 0.05) is 11.8 Å². The van der Waals surface area contributed by atoms with Gasteiger partial charge in [0.15, 0.2) is 0 Å². The number of carbonyl (C=O) groups excluding carboxylic acids is 1. The molecule has 0 aromatic heterocycles. The van der Waals surface area contributed by atoms with Crippen molar-refractivity contribution in [2.75, 3.05) is 12.0 Å². The fraction of sp³-hybridized carbons (Fsp3) is 0.385. The summed E-state index contributed by atoms with van der Waals surface area (Å²) in [5.41, 5.74) is 0.918. The Morgan fingerprint density at radius 2 is 2.17 bits per heavy atom. The second-order valence-electron chi connectivity index (χ2n) is 4.11. The van der Waals surface area contributed by atoms with Crippen molar-refractivity contribution in [3.8, 4) is 0 Å². The zero-order valence-corrected chi connectivity index (χ0v) is 11.3. The minimum atomic E-state index is -0.979. The number of carboxylic acid groups (broad SMARTS) is 1. The molecule has 1 amide bonds. The Labute approximate surface area is 111 Å². The smallest absolute Gasteiger partial charge is 0.335 e. The zero-order valence-electron chi connectivity index (χ0n) is 10.5. The molecule has 18 heavy (non-hydrogen) atoms. The number of hydrogen-bond donors (Lipinski definition) is 2. The highest BCUT2D eigenvalue weighted by Crippen LogP contribution is 2.06. The first-order chi connectivity index (χ1) is 8.52. The van der Waals surface area contributed by atoms with Crippen LogP contribution in [0.2, 0.25) is 0 Å². The van der Waals surface area contributed by atoms with Crippen molar-refractivity contribution in [1.29, 1.82) is 0 Å². The lowest BCUT2D eigenvalue weighted by atomic mass is 10.1. The molecule has 1 unspecified atom stereocenters. The van der Waals surface area contributed by atoms with Gasteiger partial charge >= 0.3 is 5.97 Å². The first-order valence-electron chi connectivity index (χ1n) is 5.63. The lowest BCUT2D eigenvalue weighted by Gasteiger charge is -2.12. The first-order valence-corrected chi connectivity index (χ1v) is 7.03. The van der Waals surface area contributed by atoms with E-state index in [4.69, 9.17) is 5.11 Å². The Morgan fingerprint density at radius 1 is 1.44 bits per heavy atom. The molecule has 1 atom stereocenters. The van der Waals surface area contributed by atoms with Crippen LogP contribution >= 0.6 is 11.8 Å². The van der Waals surface area contributed by atoms with E-state index in [1.54, 1.807) is 23.9 Å². The summed E-state index contributed by atoms with van der Waals surface area (Å²) in [7, 11) is 0. The molecule has 5 heteroatoms. The SMILES string of the molecule is CSCC(C)NC(=O)Cc1cccc(C(=O)O)c1.